The van der Waals surface area contributed by atoms with Gasteiger partial charge in [-0.05, 0) is 48.0 Å². The van der Waals surface area contributed by atoms with Crippen molar-refractivity contribution in [1.82, 2.24) is 35.3 Å². The van der Waals surface area contributed by atoms with E-state index in [1.54, 1.807) is 47.7 Å². The van der Waals surface area contributed by atoms with Gasteiger partial charge in [0.25, 0.3) is 5.91 Å². The van der Waals surface area contributed by atoms with E-state index in [0.29, 0.717) is 28.2 Å². The minimum atomic E-state index is -0.309. The number of pyridine rings is 1. The molecule has 0 saturated carbocycles. The Balaban J connectivity index is 1.60. The monoisotopic (exact) mass is 437 g/mol. The molecule has 150 valence electrons. The molecule has 0 fully saturated rings. The van der Waals surface area contributed by atoms with E-state index >= 15 is 0 Å². The van der Waals surface area contributed by atoms with Crippen molar-refractivity contribution >= 4 is 29.3 Å². The summed E-state index contributed by atoms with van der Waals surface area (Å²) >= 11 is 7.40. The van der Waals surface area contributed by atoms with Gasteiger partial charge in [-0.1, -0.05) is 28.6 Å². The van der Waals surface area contributed by atoms with E-state index in [-0.39, 0.29) is 11.6 Å². The Morgan fingerprint density at radius 3 is 2.50 bits per heavy atom. The van der Waals surface area contributed by atoms with Crippen LogP contribution in [0.15, 0.2) is 72.4 Å². The van der Waals surface area contributed by atoms with Crippen LogP contribution in [0.1, 0.15) is 21.7 Å². The predicted octanol–water partition coefficient (Wildman–Crippen LogP) is 3.33. The number of thioether (sulfide) groups is 1. The molecular weight excluding hydrogens is 422 g/mol. The molecule has 1 N–H and O–H groups in total. The summed E-state index contributed by atoms with van der Waals surface area (Å²) in [6.45, 7) is 0.365. The zero-order valence-electron chi connectivity index (χ0n) is 15.6. The minimum absolute atomic E-state index is 0.252. The van der Waals surface area contributed by atoms with Gasteiger partial charge >= 0.3 is 0 Å². The largest absolute Gasteiger partial charge is 0.347 e. The summed E-state index contributed by atoms with van der Waals surface area (Å²) in [5.74, 6) is 0.106. The summed E-state index contributed by atoms with van der Waals surface area (Å²) in [6, 6.07) is 12.6. The molecule has 4 rings (SSSR count). The third kappa shape index (κ3) is 4.81. The molecule has 4 aromatic rings. The number of aromatic nitrogens is 6. The fourth-order valence-electron chi connectivity index (χ4n) is 2.66. The number of nitrogens with one attached hydrogen (secondary N) is 1. The maximum atomic E-state index is 12.8. The van der Waals surface area contributed by atoms with Crippen molar-refractivity contribution in [3.8, 4) is 5.69 Å². The lowest BCUT2D eigenvalue weighted by molar-refractivity contribution is 0.0945. The standard InChI is InChI=1S/C20H16ClN7OS/c21-15-2-4-16(5-3-15)28-17(13-30-20-23-8-1-9-24-20)18(26-27-28)19(29)25-12-14-6-10-22-11-7-14/h1-11H,12-13H2,(H,25,29). The smallest absolute Gasteiger partial charge is 0.274 e. The number of nitrogens with zero attached hydrogens (tertiary/aromatic N) is 6. The molecule has 0 unspecified atom stereocenters. The molecule has 8 nitrogen and oxygen atoms in total. The zero-order chi connectivity index (χ0) is 20.8. The molecule has 30 heavy (non-hydrogen) atoms. The Morgan fingerprint density at radius 2 is 1.77 bits per heavy atom. The van der Waals surface area contributed by atoms with E-state index in [1.165, 1.54) is 11.8 Å². The van der Waals surface area contributed by atoms with E-state index in [0.717, 1.165) is 11.3 Å². The predicted molar refractivity (Wildman–Crippen MR) is 113 cm³/mol. The van der Waals surface area contributed by atoms with Crippen LogP contribution >= 0.6 is 23.4 Å². The summed E-state index contributed by atoms with van der Waals surface area (Å²) in [4.78, 5) is 25.3. The van der Waals surface area contributed by atoms with Gasteiger partial charge in [-0.15, -0.1) is 5.10 Å². The molecule has 0 aliphatic heterocycles. The van der Waals surface area contributed by atoms with Crippen LogP contribution in [-0.4, -0.2) is 35.9 Å². The first-order valence-electron chi connectivity index (χ1n) is 8.98. The van der Waals surface area contributed by atoms with Crippen molar-refractivity contribution in [2.24, 2.45) is 0 Å². The van der Waals surface area contributed by atoms with Crippen LogP contribution in [0.5, 0.6) is 0 Å². The molecule has 0 aliphatic carbocycles. The van der Waals surface area contributed by atoms with E-state index in [1.807, 2.05) is 24.3 Å². The number of hydrogen-bond acceptors (Lipinski definition) is 7. The van der Waals surface area contributed by atoms with Crippen molar-refractivity contribution in [1.29, 1.82) is 0 Å². The van der Waals surface area contributed by atoms with Gasteiger partial charge in [-0.25, -0.2) is 14.6 Å². The van der Waals surface area contributed by atoms with E-state index in [9.17, 15) is 4.79 Å². The highest BCUT2D eigenvalue weighted by atomic mass is 35.5. The van der Waals surface area contributed by atoms with Crippen LogP contribution in [0.4, 0.5) is 0 Å². The summed E-state index contributed by atoms with van der Waals surface area (Å²) < 4.78 is 1.63. The molecule has 3 aromatic heterocycles. The second kappa shape index (κ2) is 9.47. The van der Waals surface area contributed by atoms with E-state index in [4.69, 9.17) is 11.6 Å². The molecule has 0 bridgehead atoms. The number of rotatable bonds is 7. The van der Waals surface area contributed by atoms with E-state index in [2.05, 4.69) is 30.6 Å². The van der Waals surface area contributed by atoms with Crippen molar-refractivity contribution in [3.05, 3.63) is 89.2 Å². The fourth-order valence-corrected chi connectivity index (χ4v) is 3.58. The van der Waals surface area contributed by atoms with Crippen molar-refractivity contribution in [2.45, 2.75) is 17.5 Å². The fraction of sp³-hybridized carbons (Fsp3) is 0.100. The first-order valence-corrected chi connectivity index (χ1v) is 10.3. The highest BCUT2D eigenvalue weighted by Crippen LogP contribution is 2.23. The summed E-state index contributed by atoms with van der Waals surface area (Å²) in [5, 5.41) is 12.4. The first-order chi connectivity index (χ1) is 14.7. The van der Waals surface area contributed by atoms with Crippen molar-refractivity contribution in [3.63, 3.8) is 0 Å². The molecule has 1 amide bonds. The number of halogens is 1. The molecule has 10 heteroatoms. The van der Waals surface area contributed by atoms with Gasteiger partial charge in [0.2, 0.25) is 0 Å². The molecule has 0 radical (unpaired) electrons. The third-order valence-corrected chi connectivity index (χ3v) is 5.27. The average molecular weight is 438 g/mol. The van der Waals surface area contributed by atoms with Gasteiger partial charge in [-0.2, -0.15) is 0 Å². The third-order valence-electron chi connectivity index (χ3n) is 4.13. The van der Waals surface area contributed by atoms with Crippen LogP contribution in [0.3, 0.4) is 0 Å². The Morgan fingerprint density at radius 1 is 1.03 bits per heavy atom. The number of carbonyl (C=O) groups is 1. The lowest BCUT2D eigenvalue weighted by Gasteiger charge is -2.08. The normalized spacial score (nSPS) is 10.7. The molecule has 3 heterocycles. The molecule has 0 saturated heterocycles. The lowest BCUT2D eigenvalue weighted by Crippen LogP contribution is -2.24. The molecule has 0 atom stereocenters. The van der Waals surface area contributed by atoms with Crippen LogP contribution in [0, 0.1) is 0 Å². The van der Waals surface area contributed by atoms with Gasteiger partial charge in [0.15, 0.2) is 10.9 Å². The van der Waals surface area contributed by atoms with Crippen LogP contribution < -0.4 is 5.32 Å². The Hall–Kier alpha value is -3.30. The van der Waals surface area contributed by atoms with Gasteiger partial charge in [-0.3, -0.25) is 9.78 Å². The highest BCUT2D eigenvalue weighted by Gasteiger charge is 2.21. The van der Waals surface area contributed by atoms with Gasteiger partial charge in [0, 0.05) is 42.1 Å². The second-order valence-corrected chi connectivity index (χ2v) is 7.51. The molecule has 0 aliphatic rings. The number of benzene rings is 1. The van der Waals surface area contributed by atoms with E-state index < -0.39 is 0 Å². The Kier molecular flexibility index (Phi) is 6.31. The number of hydrogen-bond donors (Lipinski definition) is 1. The zero-order valence-corrected chi connectivity index (χ0v) is 17.2. The van der Waals surface area contributed by atoms with Gasteiger partial charge < -0.3 is 5.32 Å². The average Bonchev–Trinajstić information content (AvgIpc) is 3.22. The highest BCUT2D eigenvalue weighted by molar-refractivity contribution is 7.98. The lowest BCUT2D eigenvalue weighted by atomic mass is 10.2. The Bertz CT molecular complexity index is 1120. The van der Waals surface area contributed by atoms with Gasteiger partial charge in [0.1, 0.15) is 0 Å². The number of amides is 1. The van der Waals surface area contributed by atoms with Crippen molar-refractivity contribution in [2.75, 3.05) is 0 Å². The minimum Gasteiger partial charge on any atom is -0.347 e. The SMILES string of the molecule is O=C(NCc1ccncc1)c1nnn(-c2ccc(Cl)cc2)c1CSc1ncccn1. The maximum absolute atomic E-state index is 12.8. The summed E-state index contributed by atoms with van der Waals surface area (Å²) in [6.07, 6.45) is 6.71. The molecular formula is C20H16ClN7OS. The summed E-state index contributed by atoms with van der Waals surface area (Å²) in [7, 11) is 0. The quantitative estimate of drug-likeness (QED) is 0.349. The first kappa shape index (κ1) is 20.0. The maximum Gasteiger partial charge on any atom is 0.274 e. The van der Waals surface area contributed by atoms with Crippen molar-refractivity contribution < 1.29 is 4.79 Å². The molecule has 0 spiro atoms. The Labute approximate surface area is 181 Å². The molecule has 1 aromatic carbocycles. The van der Waals surface area contributed by atoms with Crippen LogP contribution in [0.2, 0.25) is 5.02 Å². The van der Waals surface area contributed by atoms with Gasteiger partial charge in [0.05, 0.1) is 11.4 Å². The van der Waals surface area contributed by atoms with Crippen LogP contribution in [0.25, 0.3) is 5.69 Å². The van der Waals surface area contributed by atoms with Crippen LogP contribution in [-0.2, 0) is 12.3 Å². The summed E-state index contributed by atoms with van der Waals surface area (Å²) in [5.41, 5.74) is 2.59. The topological polar surface area (TPSA) is 98.5 Å². The number of carbonyl (C=O) groups excluding carboxylic acids is 1. The second-order valence-electron chi connectivity index (χ2n) is 6.13.